The molecule has 1 aromatic carbocycles. The number of carboxylic acid groups (broad SMARTS) is 1. The molecule has 0 aromatic heterocycles. The van der Waals surface area contributed by atoms with Crippen LogP contribution in [0.5, 0.6) is 0 Å². The highest BCUT2D eigenvalue weighted by Gasteiger charge is 2.26. The maximum Gasteiger partial charge on any atom is 0.306 e. The number of benzene rings is 1. The number of carbonyl (C=O) groups is 2. The standard InChI is InChI=1S/C14H17ClN2O3/c15-11-7-9(3-6-12(11)16)13(18)17-10-4-1-8(2-5-10)14(19)20/h3,6-8,10H,1-2,4-5,16H2,(H,17,18)(H,19,20). The van der Waals surface area contributed by atoms with Crippen LogP contribution in [0.4, 0.5) is 5.69 Å². The summed E-state index contributed by atoms with van der Waals surface area (Å²) in [4.78, 5) is 22.9. The molecule has 6 heteroatoms. The Labute approximate surface area is 122 Å². The van der Waals surface area contributed by atoms with Crippen molar-refractivity contribution in [1.82, 2.24) is 5.32 Å². The SMILES string of the molecule is Nc1ccc(C(=O)NC2CCC(C(=O)O)CC2)cc1Cl. The Morgan fingerprint density at radius 3 is 2.45 bits per heavy atom. The summed E-state index contributed by atoms with van der Waals surface area (Å²) in [5.41, 5.74) is 6.50. The molecule has 4 N–H and O–H groups in total. The molecule has 20 heavy (non-hydrogen) atoms. The van der Waals surface area contributed by atoms with Gasteiger partial charge in [0.05, 0.1) is 16.6 Å². The highest BCUT2D eigenvalue weighted by molar-refractivity contribution is 6.33. The molecule has 1 fully saturated rings. The molecular weight excluding hydrogens is 280 g/mol. The zero-order valence-electron chi connectivity index (χ0n) is 10.9. The van der Waals surface area contributed by atoms with Crippen molar-refractivity contribution in [3.05, 3.63) is 28.8 Å². The zero-order chi connectivity index (χ0) is 14.7. The second-order valence-electron chi connectivity index (χ2n) is 5.10. The quantitative estimate of drug-likeness (QED) is 0.746. The van der Waals surface area contributed by atoms with Gasteiger partial charge in [-0.2, -0.15) is 0 Å². The summed E-state index contributed by atoms with van der Waals surface area (Å²) in [5.74, 6) is -1.24. The van der Waals surface area contributed by atoms with Crippen molar-refractivity contribution < 1.29 is 14.7 Å². The molecule has 1 aliphatic rings. The first-order valence-electron chi connectivity index (χ1n) is 6.56. The lowest BCUT2D eigenvalue weighted by Crippen LogP contribution is -2.38. The van der Waals surface area contributed by atoms with Gasteiger partial charge in [0.25, 0.3) is 5.91 Å². The third-order valence-corrected chi connectivity index (χ3v) is 4.00. The van der Waals surface area contributed by atoms with Crippen LogP contribution in [0.15, 0.2) is 18.2 Å². The van der Waals surface area contributed by atoms with Gasteiger partial charge in [-0.25, -0.2) is 0 Å². The average molecular weight is 297 g/mol. The Kier molecular flexibility index (Phi) is 4.49. The molecule has 1 aromatic rings. The summed E-state index contributed by atoms with van der Waals surface area (Å²) in [7, 11) is 0. The van der Waals surface area contributed by atoms with E-state index in [-0.39, 0.29) is 17.9 Å². The average Bonchev–Trinajstić information content (AvgIpc) is 2.42. The van der Waals surface area contributed by atoms with Crippen LogP contribution in [0.1, 0.15) is 36.0 Å². The van der Waals surface area contributed by atoms with E-state index in [1.807, 2.05) is 0 Å². The van der Waals surface area contributed by atoms with Crippen LogP contribution >= 0.6 is 11.6 Å². The van der Waals surface area contributed by atoms with E-state index in [2.05, 4.69) is 5.32 Å². The topological polar surface area (TPSA) is 92.4 Å². The predicted octanol–water partition coefficient (Wildman–Crippen LogP) is 2.30. The van der Waals surface area contributed by atoms with Crippen molar-refractivity contribution >= 4 is 29.2 Å². The van der Waals surface area contributed by atoms with E-state index < -0.39 is 5.97 Å². The molecule has 1 saturated carbocycles. The molecule has 1 amide bonds. The third kappa shape index (κ3) is 3.42. The van der Waals surface area contributed by atoms with Gasteiger partial charge in [0.1, 0.15) is 0 Å². The normalized spacial score (nSPS) is 22.2. The van der Waals surface area contributed by atoms with Gasteiger partial charge in [-0.05, 0) is 43.9 Å². The van der Waals surface area contributed by atoms with Gasteiger partial charge < -0.3 is 16.2 Å². The van der Waals surface area contributed by atoms with Crippen LogP contribution in [0.2, 0.25) is 5.02 Å². The lowest BCUT2D eigenvalue weighted by Gasteiger charge is -2.26. The Balaban J connectivity index is 1.92. The number of hydrogen-bond acceptors (Lipinski definition) is 3. The zero-order valence-corrected chi connectivity index (χ0v) is 11.7. The molecule has 5 nitrogen and oxygen atoms in total. The van der Waals surface area contributed by atoms with E-state index >= 15 is 0 Å². The number of hydrogen-bond donors (Lipinski definition) is 3. The highest BCUT2D eigenvalue weighted by Crippen LogP contribution is 2.25. The van der Waals surface area contributed by atoms with Crippen LogP contribution in [0.3, 0.4) is 0 Å². The number of nitrogen functional groups attached to an aromatic ring is 1. The Hall–Kier alpha value is -1.75. The number of nitrogens with two attached hydrogens (primary N) is 1. The molecule has 108 valence electrons. The van der Waals surface area contributed by atoms with E-state index in [4.69, 9.17) is 22.4 Å². The molecule has 0 aliphatic heterocycles. The molecule has 0 saturated heterocycles. The molecule has 0 atom stereocenters. The maximum atomic E-state index is 12.1. The van der Waals surface area contributed by atoms with Gasteiger partial charge >= 0.3 is 5.97 Å². The Bertz CT molecular complexity index is 525. The van der Waals surface area contributed by atoms with Crippen LogP contribution in [-0.4, -0.2) is 23.0 Å². The van der Waals surface area contributed by atoms with Crippen molar-refractivity contribution in [3.8, 4) is 0 Å². The van der Waals surface area contributed by atoms with E-state index in [9.17, 15) is 9.59 Å². The minimum atomic E-state index is -0.750. The Morgan fingerprint density at radius 2 is 1.90 bits per heavy atom. The number of rotatable bonds is 3. The fourth-order valence-corrected chi connectivity index (χ4v) is 2.60. The molecule has 0 heterocycles. The number of halogens is 1. The van der Waals surface area contributed by atoms with Crippen LogP contribution in [-0.2, 0) is 4.79 Å². The molecule has 0 radical (unpaired) electrons. The first-order chi connectivity index (χ1) is 9.47. The minimum Gasteiger partial charge on any atom is -0.481 e. The fourth-order valence-electron chi connectivity index (χ4n) is 2.42. The Morgan fingerprint density at radius 1 is 1.25 bits per heavy atom. The van der Waals surface area contributed by atoms with Crippen molar-refractivity contribution in [2.75, 3.05) is 5.73 Å². The van der Waals surface area contributed by atoms with E-state index in [1.165, 1.54) is 6.07 Å². The van der Waals surface area contributed by atoms with Gasteiger partial charge in [-0.1, -0.05) is 11.6 Å². The smallest absolute Gasteiger partial charge is 0.306 e. The number of aliphatic carboxylic acids is 1. The van der Waals surface area contributed by atoms with E-state index in [1.54, 1.807) is 12.1 Å². The predicted molar refractivity (Wildman–Crippen MR) is 76.7 cm³/mol. The summed E-state index contributed by atoms with van der Waals surface area (Å²) >= 11 is 5.88. The van der Waals surface area contributed by atoms with Gasteiger partial charge in [0, 0.05) is 11.6 Å². The van der Waals surface area contributed by atoms with Crippen molar-refractivity contribution in [3.63, 3.8) is 0 Å². The van der Waals surface area contributed by atoms with E-state index in [0.29, 0.717) is 42.0 Å². The highest BCUT2D eigenvalue weighted by atomic mass is 35.5. The van der Waals surface area contributed by atoms with Gasteiger partial charge in [-0.15, -0.1) is 0 Å². The van der Waals surface area contributed by atoms with Crippen LogP contribution < -0.4 is 11.1 Å². The minimum absolute atomic E-state index is 0.0226. The molecule has 1 aliphatic carbocycles. The van der Waals surface area contributed by atoms with Crippen LogP contribution in [0, 0.1) is 5.92 Å². The number of nitrogens with one attached hydrogen (secondary N) is 1. The van der Waals surface area contributed by atoms with Crippen molar-refractivity contribution in [2.24, 2.45) is 5.92 Å². The lowest BCUT2D eigenvalue weighted by atomic mass is 9.86. The maximum absolute atomic E-state index is 12.1. The molecule has 0 spiro atoms. The number of carbonyl (C=O) groups excluding carboxylic acids is 1. The van der Waals surface area contributed by atoms with Gasteiger partial charge in [0.15, 0.2) is 0 Å². The summed E-state index contributed by atoms with van der Waals surface area (Å²) in [6.07, 6.45) is 2.57. The first kappa shape index (κ1) is 14.7. The number of anilines is 1. The summed E-state index contributed by atoms with van der Waals surface area (Å²) < 4.78 is 0. The summed E-state index contributed by atoms with van der Waals surface area (Å²) in [5, 5.41) is 12.2. The van der Waals surface area contributed by atoms with Crippen LogP contribution in [0.25, 0.3) is 0 Å². The van der Waals surface area contributed by atoms with Crippen molar-refractivity contribution in [2.45, 2.75) is 31.7 Å². The second kappa shape index (κ2) is 6.13. The van der Waals surface area contributed by atoms with Gasteiger partial charge in [-0.3, -0.25) is 9.59 Å². The fraction of sp³-hybridized carbons (Fsp3) is 0.429. The molecule has 0 bridgehead atoms. The molecular formula is C14H17ClN2O3. The third-order valence-electron chi connectivity index (χ3n) is 3.67. The number of carboxylic acids is 1. The van der Waals surface area contributed by atoms with Gasteiger partial charge in [0.2, 0.25) is 0 Å². The summed E-state index contributed by atoms with van der Waals surface area (Å²) in [6, 6.07) is 4.78. The number of amides is 1. The first-order valence-corrected chi connectivity index (χ1v) is 6.94. The molecule has 0 unspecified atom stereocenters. The monoisotopic (exact) mass is 296 g/mol. The van der Waals surface area contributed by atoms with E-state index in [0.717, 1.165) is 0 Å². The lowest BCUT2D eigenvalue weighted by molar-refractivity contribution is -0.142. The molecule has 2 rings (SSSR count). The summed E-state index contributed by atoms with van der Waals surface area (Å²) in [6.45, 7) is 0. The largest absolute Gasteiger partial charge is 0.481 e. The second-order valence-corrected chi connectivity index (χ2v) is 5.50. The van der Waals surface area contributed by atoms with Crippen molar-refractivity contribution in [1.29, 1.82) is 0 Å².